The van der Waals surface area contributed by atoms with Gasteiger partial charge in [0.2, 0.25) is 0 Å². The molecule has 0 saturated heterocycles. The molecule has 176 valence electrons. The number of carbonyl (C=O) groups excluding carboxylic acids is 2. The van der Waals surface area contributed by atoms with Crippen molar-refractivity contribution in [3.05, 3.63) is 77.1 Å². The van der Waals surface area contributed by atoms with E-state index in [-0.39, 0.29) is 24.8 Å². The lowest BCUT2D eigenvalue weighted by Crippen LogP contribution is -2.43. The van der Waals surface area contributed by atoms with Crippen molar-refractivity contribution in [1.29, 1.82) is 0 Å². The highest BCUT2D eigenvalue weighted by molar-refractivity contribution is 5.95. The molecule has 0 unspecified atom stereocenters. The van der Waals surface area contributed by atoms with Gasteiger partial charge in [0.05, 0.1) is 18.8 Å². The Morgan fingerprint density at radius 2 is 1.71 bits per heavy atom. The molecule has 0 saturated carbocycles. The van der Waals surface area contributed by atoms with Gasteiger partial charge in [-0.1, -0.05) is 48.5 Å². The number of hydrogen-bond donors (Lipinski definition) is 4. The Morgan fingerprint density at radius 1 is 1.09 bits per heavy atom. The third-order valence-electron chi connectivity index (χ3n) is 5.71. The van der Waals surface area contributed by atoms with E-state index in [0.29, 0.717) is 5.69 Å². The quantitative estimate of drug-likeness (QED) is 0.397. The van der Waals surface area contributed by atoms with Crippen molar-refractivity contribution >= 4 is 18.0 Å². The molecule has 4 N–H and O–H groups in total. The van der Waals surface area contributed by atoms with Crippen LogP contribution in [0.25, 0.3) is 11.1 Å². The maximum atomic E-state index is 12.3. The zero-order chi connectivity index (χ0) is 24.2. The van der Waals surface area contributed by atoms with E-state index in [4.69, 9.17) is 14.9 Å². The molecule has 10 heteroatoms. The van der Waals surface area contributed by atoms with E-state index >= 15 is 0 Å². The zero-order valence-electron chi connectivity index (χ0n) is 18.4. The highest BCUT2D eigenvalue weighted by Crippen LogP contribution is 2.44. The van der Waals surface area contributed by atoms with E-state index in [1.807, 2.05) is 36.4 Å². The van der Waals surface area contributed by atoms with E-state index in [2.05, 4.69) is 27.9 Å². The maximum absolute atomic E-state index is 12.3. The molecular formula is C24H24N4O6. The molecule has 3 aromatic rings. The normalized spacial score (nSPS) is 13.0. The summed E-state index contributed by atoms with van der Waals surface area (Å²) in [5.41, 5.74) is 4.97. The highest BCUT2D eigenvalue weighted by Gasteiger charge is 2.29. The SMILES string of the molecule is Cn1nc(CNC(=O)OCC2c3ccccc3-c3ccccc32)cc1C(=O)N[C@H](CO)C(=O)O. The van der Waals surface area contributed by atoms with Crippen LogP contribution in [0.3, 0.4) is 0 Å². The Hall–Kier alpha value is -4.18. The summed E-state index contributed by atoms with van der Waals surface area (Å²) >= 11 is 0. The smallest absolute Gasteiger partial charge is 0.407 e. The van der Waals surface area contributed by atoms with E-state index < -0.39 is 30.6 Å². The third kappa shape index (κ3) is 4.62. The molecule has 1 heterocycles. The summed E-state index contributed by atoms with van der Waals surface area (Å²) in [6.45, 7) is -0.553. The van der Waals surface area contributed by atoms with E-state index in [9.17, 15) is 14.4 Å². The lowest BCUT2D eigenvalue weighted by Gasteiger charge is -2.14. The first-order valence-electron chi connectivity index (χ1n) is 10.6. The number of rotatable bonds is 8. The molecule has 10 nitrogen and oxygen atoms in total. The Bertz CT molecular complexity index is 1190. The average molecular weight is 464 g/mol. The number of alkyl carbamates (subject to hydrolysis) is 1. The van der Waals surface area contributed by atoms with Crippen molar-refractivity contribution in [2.75, 3.05) is 13.2 Å². The minimum absolute atomic E-state index is 0.0140. The minimum atomic E-state index is -1.43. The van der Waals surface area contributed by atoms with Gasteiger partial charge < -0.3 is 25.6 Å². The monoisotopic (exact) mass is 464 g/mol. The number of aromatic nitrogens is 2. The number of aryl methyl sites for hydroxylation is 1. The van der Waals surface area contributed by atoms with Crippen LogP contribution in [0.1, 0.15) is 33.2 Å². The largest absolute Gasteiger partial charge is 0.480 e. The maximum Gasteiger partial charge on any atom is 0.407 e. The fourth-order valence-electron chi connectivity index (χ4n) is 4.06. The number of aliphatic hydroxyl groups is 1. The van der Waals surface area contributed by atoms with E-state index in [1.165, 1.54) is 17.8 Å². The minimum Gasteiger partial charge on any atom is -0.480 e. The first-order chi connectivity index (χ1) is 16.4. The van der Waals surface area contributed by atoms with Crippen LogP contribution < -0.4 is 10.6 Å². The second kappa shape index (κ2) is 9.75. The van der Waals surface area contributed by atoms with Gasteiger partial charge in [-0.3, -0.25) is 9.48 Å². The predicted octanol–water partition coefficient (Wildman–Crippen LogP) is 1.63. The molecule has 1 atom stereocenters. The van der Waals surface area contributed by atoms with Crippen LogP contribution >= 0.6 is 0 Å². The molecule has 1 aromatic heterocycles. The molecule has 34 heavy (non-hydrogen) atoms. The summed E-state index contributed by atoms with van der Waals surface area (Å²) in [5, 5.41) is 27.0. The summed E-state index contributed by atoms with van der Waals surface area (Å²) in [6, 6.07) is 16.1. The number of aliphatic hydroxyl groups excluding tert-OH is 1. The fourth-order valence-corrected chi connectivity index (χ4v) is 4.06. The van der Waals surface area contributed by atoms with Crippen LogP contribution in [0.15, 0.2) is 54.6 Å². The number of ether oxygens (including phenoxy) is 1. The summed E-state index contributed by atoms with van der Waals surface area (Å²) < 4.78 is 6.75. The van der Waals surface area contributed by atoms with Crippen molar-refractivity contribution < 1.29 is 29.3 Å². The summed E-state index contributed by atoms with van der Waals surface area (Å²) in [7, 11) is 1.51. The van der Waals surface area contributed by atoms with Crippen molar-refractivity contribution in [2.45, 2.75) is 18.5 Å². The van der Waals surface area contributed by atoms with Gasteiger partial charge in [0, 0.05) is 13.0 Å². The molecule has 1 aliphatic carbocycles. The molecule has 2 aromatic carbocycles. The van der Waals surface area contributed by atoms with Gasteiger partial charge in [-0.2, -0.15) is 5.10 Å². The van der Waals surface area contributed by atoms with Gasteiger partial charge in [-0.05, 0) is 28.3 Å². The number of amides is 2. The molecule has 0 bridgehead atoms. The summed E-state index contributed by atoms with van der Waals surface area (Å²) in [5.74, 6) is -2.11. The first kappa shape index (κ1) is 23.0. The lowest BCUT2D eigenvalue weighted by atomic mass is 9.98. The third-order valence-corrected chi connectivity index (χ3v) is 5.71. The van der Waals surface area contributed by atoms with Crippen LogP contribution in [-0.4, -0.2) is 57.2 Å². The number of fused-ring (bicyclic) bond motifs is 3. The summed E-state index contributed by atoms with van der Waals surface area (Å²) in [6.07, 6.45) is -0.621. The molecule has 2 amide bonds. The number of carbonyl (C=O) groups is 3. The van der Waals surface area contributed by atoms with Gasteiger partial charge in [0.15, 0.2) is 6.04 Å². The van der Waals surface area contributed by atoms with Gasteiger partial charge in [-0.15, -0.1) is 0 Å². The number of carboxylic acid groups (broad SMARTS) is 1. The number of nitrogens with one attached hydrogen (secondary N) is 2. The molecule has 0 spiro atoms. The van der Waals surface area contributed by atoms with Crippen LogP contribution in [0.4, 0.5) is 4.79 Å². The van der Waals surface area contributed by atoms with Gasteiger partial charge in [-0.25, -0.2) is 9.59 Å². The van der Waals surface area contributed by atoms with Gasteiger partial charge in [0.1, 0.15) is 12.3 Å². The topological polar surface area (TPSA) is 143 Å². The van der Waals surface area contributed by atoms with Crippen molar-refractivity contribution in [1.82, 2.24) is 20.4 Å². The summed E-state index contributed by atoms with van der Waals surface area (Å²) in [4.78, 5) is 35.6. The fraction of sp³-hybridized carbons (Fsp3) is 0.250. The van der Waals surface area contributed by atoms with Crippen molar-refractivity contribution in [2.24, 2.45) is 7.05 Å². The van der Waals surface area contributed by atoms with Crippen molar-refractivity contribution in [3.8, 4) is 11.1 Å². The Labute approximate surface area is 195 Å². The van der Waals surface area contributed by atoms with Crippen LogP contribution in [0.2, 0.25) is 0 Å². The highest BCUT2D eigenvalue weighted by atomic mass is 16.5. The molecule has 0 fully saturated rings. The van der Waals surface area contributed by atoms with E-state index in [1.54, 1.807) is 0 Å². The Morgan fingerprint density at radius 3 is 2.29 bits per heavy atom. The molecule has 0 aliphatic heterocycles. The van der Waals surface area contributed by atoms with E-state index in [0.717, 1.165) is 22.3 Å². The molecular weight excluding hydrogens is 440 g/mol. The average Bonchev–Trinajstić information content (AvgIpc) is 3.37. The van der Waals surface area contributed by atoms with Crippen LogP contribution in [-0.2, 0) is 23.1 Å². The first-order valence-corrected chi connectivity index (χ1v) is 10.6. The predicted molar refractivity (Wildman–Crippen MR) is 121 cm³/mol. The lowest BCUT2D eigenvalue weighted by molar-refractivity contribution is -0.140. The van der Waals surface area contributed by atoms with Crippen LogP contribution in [0, 0.1) is 0 Å². The Kier molecular flexibility index (Phi) is 6.60. The number of aliphatic carboxylic acids is 1. The standard InChI is InChI=1S/C24H24N4O6/c1-28-21(22(30)26-20(12-29)23(31)32)10-14(27-28)11-25-24(33)34-13-19-17-8-4-2-6-15(17)16-7-3-5-9-18(16)19/h2-10,19-20,29H,11-13H2,1H3,(H,25,33)(H,26,30)(H,31,32)/t20-/m1/s1. The number of benzene rings is 2. The molecule has 0 radical (unpaired) electrons. The van der Waals surface area contributed by atoms with Gasteiger partial charge >= 0.3 is 12.1 Å². The number of nitrogens with zero attached hydrogens (tertiary/aromatic N) is 2. The molecule has 1 aliphatic rings. The van der Waals surface area contributed by atoms with Crippen LogP contribution in [0.5, 0.6) is 0 Å². The second-order valence-electron chi connectivity index (χ2n) is 7.87. The Balaban J connectivity index is 1.34. The van der Waals surface area contributed by atoms with Crippen molar-refractivity contribution in [3.63, 3.8) is 0 Å². The zero-order valence-corrected chi connectivity index (χ0v) is 18.4. The number of carboxylic acids is 1. The molecule has 4 rings (SSSR count). The second-order valence-corrected chi connectivity index (χ2v) is 7.87. The van der Waals surface area contributed by atoms with Gasteiger partial charge in [0.25, 0.3) is 5.91 Å². The number of hydrogen-bond acceptors (Lipinski definition) is 6.